The van der Waals surface area contributed by atoms with Gasteiger partial charge in [-0.1, -0.05) is 26.2 Å². The van der Waals surface area contributed by atoms with Crippen LogP contribution in [0, 0.1) is 11.3 Å². The van der Waals surface area contributed by atoms with Crippen molar-refractivity contribution in [2.24, 2.45) is 11.3 Å². The molecule has 0 aromatic heterocycles. The van der Waals surface area contributed by atoms with Crippen LogP contribution in [0.15, 0.2) is 0 Å². The standard InChI is InChI=1S/C12H21NO/c1-12(7-8-13-9-12)11(14)10-5-3-2-4-6-10/h10,13H,2-9H2,1H3. The van der Waals surface area contributed by atoms with Crippen molar-refractivity contribution in [3.8, 4) is 0 Å². The zero-order valence-electron chi connectivity index (χ0n) is 9.14. The van der Waals surface area contributed by atoms with Crippen LogP contribution < -0.4 is 5.32 Å². The van der Waals surface area contributed by atoms with E-state index in [1.165, 1.54) is 19.3 Å². The minimum absolute atomic E-state index is 0.0397. The number of ketones is 1. The lowest BCUT2D eigenvalue weighted by Gasteiger charge is -2.29. The lowest BCUT2D eigenvalue weighted by molar-refractivity contribution is -0.132. The molecule has 1 aliphatic carbocycles. The van der Waals surface area contributed by atoms with Crippen LogP contribution in [0.2, 0.25) is 0 Å². The minimum atomic E-state index is -0.0397. The molecule has 14 heavy (non-hydrogen) atoms. The van der Waals surface area contributed by atoms with Crippen molar-refractivity contribution in [2.45, 2.75) is 45.4 Å². The van der Waals surface area contributed by atoms with E-state index in [9.17, 15) is 4.79 Å². The van der Waals surface area contributed by atoms with E-state index in [-0.39, 0.29) is 5.41 Å². The molecule has 1 atom stereocenters. The largest absolute Gasteiger partial charge is 0.316 e. The fraction of sp³-hybridized carbons (Fsp3) is 0.917. The number of nitrogens with one attached hydrogen (secondary N) is 1. The maximum atomic E-state index is 12.3. The number of carbonyl (C=O) groups is 1. The van der Waals surface area contributed by atoms with Gasteiger partial charge in [0.25, 0.3) is 0 Å². The molecule has 1 saturated carbocycles. The van der Waals surface area contributed by atoms with Gasteiger partial charge in [0.05, 0.1) is 0 Å². The highest BCUT2D eigenvalue weighted by Crippen LogP contribution is 2.34. The Bertz CT molecular complexity index is 212. The Balaban J connectivity index is 1.98. The Morgan fingerprint density at radius 3 is 2.57 bits per heavy atom. The first kappa shape index (κ1) is 10.2. The molecule has 1 N–H and O–H groups in total. The molecule has 2 nitrogen and oxygen atoms in total. The topological polar surface area (TPSA) is 29.1 Å². The van der Waals surface area contributed by atoms with Gasteiger partial charge in [0.2, 0.25) is 0 Å². The van der Waals surface area contributed by atoms with E-state index >= 15 is 0 Å². The van der Waals surface area contributed by atoms with E-state index in [4.69, 9.17) is 0 Å². The average molecular weight is 195 g/mol. The number of rotatable bonds is 2. The van der Waals surface area contributed by atoms with E-state index < -0.39 is 0 Å². The predicted octanol–water partition coefficient (Wildman–Crippen LogP) is 2.14. The van der Waals surface area contributed by atoms with Crippen LogP contribution in [0.25, 0.3) is 0 Å². The third-order valence-corrected chi connectivity index (χ3v) is 3.94. The van der Waals surface area contributed by atoms with Crippen molar-refractivity contribution in [3.05, 3.63) is 0 Å². The monoisotopic (exact) mass is 195 g/mol. The summed E-state index contributed by atoms with van der Waals surface area (Å²) in [5.41, 5.74) is -0.0397. The molecular formula is C12H21NO. The van der Waals surface area contributed by atoms with Crippen molar-refractivity contribution in [1.82, 2.24) is 5.32 Å². The van der Waals surface area contributed by atoms with Gasteiger partial charge >= 0.3 is 0 Å². The third kappa shape index (κ3) is 1.85. The van der Waals surface area contributed by atoms with Gasteiger partial charge in [-0.3, -0.25) is 4.79 Å². The molecule has 0 aromatic carbocycles. The molecule has 2 heteroatoms. The smallest absolute Gasteiger partial charge is 0.143 e. The molecule has 2 aliphatic rings. The van der Waals surface area contributed by atoms with E-state index in [0.29, 0.717) is 11.7 Å². The third-order valence-electron chi connectivity index (χ3n) is 3.94. The second-order valence-corrected chi connectivity index (χ2v) is 5.19. The van der Waals surface area contributed by atoms with Crippen molar-refractivity contribution in [1.29, 1.82) is 0 Å². The molecule has 0 bridgehead atoms. The Hall–Kier alpha value is -0.370. The Kier molecular flexibility index (Phi) is 2.91. The van der Waals surface area contributed by atoms with E-state index in [1.54, 1.807) is 0 Å². The molecule has 2 rings (SSSR count). The van der Waals surface area contributed by atoms with Crippen LogP contribution in [-0.4, -0.2) is 18.9 Å². The van der Waals surface area contributed by atoms with E-state index in [1.807, 2.05) is 0 Å². The quantitative estimate of drug-likeness (QED) is 0.731. The summed E-state index contributed by atoms with van der Waals surface area (Å²) in [5.74, 6) is 0.927. The SMILES string of the molecule is CC1(C(=O)C2CCCCC2)CCNC1. The van der Waals surface area contributed by atoms with Crippen LogP contribution in [0.1, 0.15) is 45.4 Å². The van der Waals surface area contributed by atoms with Crippen LogP contribution in [-0.2, 0) is 4.79 Å². The highest BCUT2D eigenvalue weighted by Gasteiger charge is 2.39. The second kappa shape index (κ2) is 4.01. The molecule has 0 radical (unpaired) electrons. The van der Waals surface area contributed by atoms with E-state index in [2.05, 4.69) is 12.2 Å². The summed E-state index contributed by atoms with van der Waals surface area (Å²) in [6.45, 7) is 4.07. The van der Waals surface area contributed by atoms with Gasteiger partial charge < -0.3 is 5.32 Å². The molecule has 1 unspecified atom stereocenters. The lowest BCUT2D eigenvalue weighted by Crippen LogP contribution is -2.36. The van der Waals surface area contributed by atoms with Crippen LogP contribution in [0.5, 0.6) is 0 Å². The summed E-state index contributed by atoms with van der Waals surface area (Å²) in [6, 6.07) is 0. The van der Waals surface area contributed by atoms with Gasteiger partial charge in [-0.25, -0.2) is 0 Å². The molecule has 1 aliphatic heterocycles. The first-order valence-electron chi connectivity index (χ1n) is 5.97. The normalized spacial score (nSPS) is 34.6. The fourth-order valence-electron chi connectivity index (χ4n) is 2.88. The van der Waals surface area contributed by atoms with Crippen LogP contribution >= 0.6 is 0 Å². The van der Waals surface area contributed by atoms with Crippen LogP contribution in [0.4, 0.5) is 0 Å². The number of carbonyl (C=O) groups excluding carboxylic acids is 1. The Morgan fingerprint density at radius 2 is 2.00 bits per heavy atom. The summed E-state index contributed by atoms with van der Waals surface area (Å²) < 4.78 is 0. The Labute approximate surface area is 86.5 Å². The zero-order valence-corrected chi connectivity index (χ0v) is 9.14. The van der Waals surface area contributed by atoms with Gasteiger partial charge in [0, 0.05) is 17.9 Å². The molecular weight excluding hydrogens is 174 g/mol. The Morgan fingerprint density at radius 1 is 1.29 bits per heavy atom. The second-order valence-electron chi connectivity index (χ2n) is 5.19. The molecule has 2 fully saturated rings. The number of hydrogen-bond acceptors (Lipinski definition) is 2. The zero-order chi connectivity index (χ0) is 10.0. The molecule has 1 heterocycles. The van der Waals surface area contributed by atoms with Crippen molar-refractivity contribution >= 4 is 5.78 Å². The lowest BCUT2D eigenvalue weighted by atomic mass is 9.74. The van der Waals surface area contributed by atoms with Gasteiger partial charge in [-0.15, -0.1) is 0 Å². The fourth-order valence-corrected chi connectivity index (χ4v) is 2.88. The molecule has 1 saturated heterocycles. The summed E-state index contributed by atoms with van der Waals surface area (Å²) in [5, 5.41) is 3.31. The number of hydrogen-bond donors (Lipinski definition) is 1. The van der Waals surface area contributed by atoms with Gasteiger partial charge in [0.15, 0.2) is 0 Å². The minimum Gasteiger partial charge on any atom is -0.316 e. The van der Waals surface area contributed by atoms with E-state index in [0.717, 1.165) is 32.4 Å². The van der Waals surface area contributed by atoms with Crippen molar-refractivity contribution < 1.29 is 4.79 Å². The predicted molar refractivity (Wildman–Crippen MR) is 57.2 cm³/mol. The van der Waals surface area contributed by atoms with Crippen molar-refractivity contribution in [3.63, 3.8) is 0 Å². The number of Topliss-reactive ketones (excluding diaryl/α,β-unsaturated/α-hetero) is 1. The highest BCUT2D eigenvalue weighted by molar-refractivity contribution is 5.87. The molecule has 80 valence electrons. The summed E-state index contributed by atoms with van der Waals surface area (Å²) in [6.07, 6.45) is 7.20. The van der Waals surface area contributed by atoms with Gasteiger partial charge in [-0.2, -0.15) is 0 Å². The molecule has 0 aromatic rings. The summed E-state index contributed by atoms with van der Waals surface area (Å²) in [4.78, 5) is 12.3. The van der Waals surface area contributed by atoms with Gasteiger partial charge in [0.1, 0.15) is 5.78 Å². The summed E-state index contributed by atoms with van der Waals surface area (Å²) >= 11 is 0. The maximum absolute atomic E-state index is 12.3. The first-order chi connectivity index (χ1) is 6.72. The van der Waals surface area contributed by atoms with Crippen molar-refractivity contribution in [2.75, 3.05) is 13.1 Å². The van der Waals surface area contributed by atoms with Gasteiger partial charge in [-0.05, 0) is 25.8 Å². The molecule has 0 spiro atoms. The van der Waals surface area contributed by atoms with Crippen LogP contribution in [0.3, 0.4) is 0 Å². The highest BCUT2D eigenvalue weighted by atomic mass is 16.1. The first-order valence-corrected chi connectivity index (χ1v) is 5.97. The average Bonchev–Trinajstić information content (AvgIpc) is 2.67. The maximum Gasteiger partial charge on any atom is 0.143 e. The molecule has 0 amide bonds. The summed E-state index contributed by atoms with van der Waals surface area (Å²) in [7, 11) is 0.